The van der Waals surface area contributed by atoms with Crippen LogP contribution in [0.3, 0.4) is 0 Å². The van der Waals surface area contributed by atoms with E-state index in [-0.39, 0.29) is 43.3 Å². The molecule has 1 amide bonds. The van der Waals surface area contributed by atoms with Crippen LogP contribution in [-0.2, 0) is 30.2 Å². The smallest absolute Gasteiger partial charge is 0.457 e. The first-order valence-corrected chi connectivity index (χ1v) is 11.8. The fourth-order valence-electron chi connectivity index (χ4n) is 4.45. The largest absolute Gasteiger partial charge is 0.459 e. The van der Waals surface area contributed by atoms with Crippen molar-refractivity contribution in [2.24, 2.45) is 17.4 Å². The fourth-order valence-corrected chi connectivity index (χ4v) is 4.45. The van der Waals surface area contributed by atoms with Crippen molar-refractivity contribution in [1.29, 1.82) is 0 Å². The first kappa shape index (κ1) is 25.7. The molecule has 0 saturated carbocycles. The maximum Gasteiger partial charge on any atom is 0.457 e. The number of carbonyl (C=O) groups is 2. The first-order valence-electron chi connectivity index (χ1n) is 11.8. The van der Waals surface area contributed by atoms with Crippen LogP contribution in [0.2, 0.25) is 6.32 Å². The summed E-state index contributed by atoms with van der Waals surface area (Å²) < 4.78 is 17.7. The Morgan fingerprint density at radius 2 is 1.79 bits per heavy atom. The van der Waals surface area contributed by atoms with Crippen molar-refractivity contribution in [3.05, 3.63) is 35.9 Å². The third-order valence-electron chi connectivity index (χ3n) is 7.21. The van der Waals surface area contributed by atoms with Gasteiger partial charge in [0.1, 0.15) is 12.1 Å². The second-order valence-corrected chi connectivity index (χ2v) is 10.4. The Morgan fingerprint density at radius 1 is 1.18 bits per heavy atom. The number of nitrogens with two attached hydrogens (primary N) is 2. The third kappa shape index (κ3) is 5.59. The Kier molecular flexibility index (Phi) is 7.58. The average Bonchev–Trinajstić information content (AvgIpc) is 3.19. The van der Waals surface area contributed by atoms with Gasteiger partial charge in [-0.15, -0.1) is 0 Å². The van der Waals surface area contributed by atoms with Crippen LogP contribution in [0, 0.1) is 5.92 Å². The minimum absolute atomic E-state index is 0.0994. The molecular formula is C24H38BN3O5. The average molecular weight is 459 g/mol. The molecule has 8 nitrogen and oxygen atoms in total. The quantitative estimate of drug-likeness (QED) is 0.452. The summed E-state index contributed by atoms with van der Waals surface area (Å²) in [5.41, 5.74) is 11.3. The second kappa shape index (κ2) is 9.74. The van der Waals surface area contributed by atoms with E-state index in [2.05, 4.69) is 0 Å². The molecule has 33 heavy (non-hydrogen) atoms. The molecule has 1 aromatic rings. The fraction of sp³-hybridized carbons (Fsp3) is 0.667. The molecule has 3 atom stereocenters. The second-order valence-electron chi connectivity index (χ2n) is 10.4. The Bertz CT molecular complexity index is 832. The zero-order valence-corrected chi connectivity index (χ0v) is 20.5. The summed E-state index contributed by atoms with van der Waals surface area (Å²) in [7, 11) is -0.310. The monoisotopic (exact) mass is 459 g/mol. The highest BCUT2D eigenvalue weighted by Gasteiger charge is 2.53. The number of benzene rings is 1. The van der Waals surface area contributed by atoms with E-state index in [1.165, 1.54) is 0 Å². The molecule has 4 N–H and O–H groups in total. The summed E-state index contributed by atoms with van der Waals surface area (Å²) in [4.78, 5) is 27.3. The van der Waals surface area contributed by atoms with Gasteiger partial charge in [0, 0.05) is 19.0 Å². The summed E-state index contributed by atoms with van der Waals surface area (Å²) in [6.45, 7) is 10.3. The van der Waals surface area contributed by atoms with Gasteiger partial charge >= 0.3 is 13.1 Å². The number of carbonyl (C=O) groups excluding carboxylic acids is 2. The lowest BCUT2D eigenvalue weighted by Crippen LogP contribution is -2.56. The van der Waals surface area contributed by atoms with Gasteiger partial charge in [-0.25, -0.2) is 4.79 Å². The molecule has 0 spiro atoms. The highest BCUT2D eigenvalue weighted by Crippen LogP contribution is 2.39. The van der Waals surface area contributed by atoms with Crippen molar-refractivity contribution in [3.63, 3.8) is 0 Å². The van der Waals surface area contributed by atoms with Crippen LogP contribution in [0.5, 0.6) is 0 Å². The first-order chi connectivity index (χ1) is 15.4. The molecule has 1 aromatic carbocycles. The molecule has 182 valence electrons. The van der Waals surface area contributed by atoms with Gasteiger partial charge in [0.15, 0.2) is 0 Å². The molecule has 2 heterocycles. The van der Waals surface area contributed by atoms with E-state index in [1.54, 1.807) is 11.8 Å². The van der Waals surface area contributed by atoms with Gasteiger partial charge in [0.05, 0.1) is 17.2 Å². The van der Waals surface area contributed by atoms with Gasteiger partial charge < -0.3 is 30.4 Å². The molecule has 0 bridgehead atoms. The molecule has 0 radical (unpaired) electrons. The molecule has 2 aliphatic rings. The topological polar surface area (TPSA) is 117 Å². The lowest BCUT2D eigenvalue weighted by Gasteiger charge is -2.32. The highest BCUT2D eigenvalue weighted by molar-refractivity contribution is 6.45. The lowest BCUT2D eigenvalue weighted by atomic mass is 9.78. The number of ether oxygens (including phenoxy) is 1. The van der Waals surface area contributed by atoms with E-state index < -0.39 is 17.6 Å². The minimum Gasteiger partial charge on any atom is -0.459 e. The molecular weight excluding hydrogens is 421 g/mol. The van der Waals surface area contributed by atoms with E-state index in [0.29, 0.717) is 19.3 Å². The Labute approximate surface area is 197 Å². The van der Waals surface area contributed by atoms with Gasteiger partial charge in [-0.05, 0) is 52.9 Å². The number of rotatable bonds is 8. The predicted octanol–water partition coefficient (Wildman–Crippen LogP) is 2.11. The molecule has 0 aromatic heterocycles. The van der Waals surface area contributed by atoms with Crippen LogP contribution < -0.4 is 11.5 Å². The Hall–Kier alpha value is -1.94. The minimum atomic E-state index is -1.28. The molecule has 2 saturated heterocycles. The standard InChI is InChI=1S/C24H38BN3O5/c1-17(26)20(29)28-14-19(12-9-13-25-32-22(2,3)23(4,5)33-25)24(27,16-28)21(30)31-15-18-10-7-6-8-11-18/h6-8,10-11,17,19H,9,12-16,26-27H2,1-5H3/t17-,19-,24-/m0/s1. The van der Waals surface area contributed by atoms with Crippen LogP contribution >= 0.6 is 0 Å². The maximum atomic E-state index is 13.1. The summed E-state index contributed by atoms with van der Waals surface area (Å²) in [6, 6.07) is 8.80. The summed E-state index contributed by atoms with van der Waals surface area (Å²) in [5.74, 6) is -0.952. The van der Waals surface area contributed by atoms with Gasteiger partial charge in [-0.2, -0.15) is 0 Å². The number of amides is 1. The van der Waals surface area contributed by atoms with Crippen molar-refractivity contribution in [3.8, 4) is 0 Å². The highest BCUT2D eigenvalue weighted by atomic mass is 16.7. The molecule has 2 aliphatic heterocycles. The zero-order chi connectivity index (χ0) is 24.4. The third-order valence-corrected chi connectivity index (χ3v) is 7.21. The van der Waals surface area contributed by atoms with Crippen LogP contribution in [-0.4, -0.2) is 59.8 Å². The number of likely N-dealkylation sites (tertiary alicyclic amines) is 1. The van der Waals surface area contributed by atoms with Crippen molar-refractivity contribution in [2.75, 3.05) is 13.1 Å². The summed E-state index contributed by atoms with van der Waals surface area (Å²) in [5, 5.41) is 0. The molecule has 2 fully saturated rings. The van der Waals surface area contributed by atoms with E-state index >= 15 is 0 Å². The van der Waals surface area contributed by atoms with E-state index in [9.17, 15) is 9.59 Å². The Balaban J connectivity index is 1.64. The number of hydrogen-bond acceptors (Lipinski definition) is 7. The Morgan fingerprint density at radius 3 is 2.36 bits per heavy atom. The van der Waals surface area contributed by atoms with Crippen LogP contribution in [0.1, 0.15) is 53.0 Å². The number of hydrogen-bond donors (Lipinski definition) is 2. The summed E-state index contributed by atoms with van der Waals surface area (Å²) in [6.07, 6.45) is 2.07. The SMILES string of the molecule is C[C@H](N)C(=O)N1C[C@H](CCCB2OC(C)(C)C(C)(C)O2)[C@](N)(C(=O)OCc2ccccc2)C1. The van der Waals surface area contributed by atoms with Crippen molar-refractivity contribution in [2.45, 2.75) is 83.2 Å². The van der Waals surface area contributed by atoms with Crippen LogP contribution in [0.25, 0.3) is 0 Å². The predicted molar refractivity (Wildman–Crippen MR) is 127 cm³/mol. The van der Waals surface area contributed by atoms with Gasteiger partial charge in [0.25, 0.3) is 0 Å². The van der Waals surface area contributed by atoms with Crippen molar-refractivity contribution in [1.82, 2.24) is 4.90 Å². The van der Waals surface area contributed by atoms with Gasteiger partial charge in [0.2, 0.25) is 5.91 Å². The van der Waals surface area contributed by atoms with Crippen LogP contribution in [0.15, 0.2) is 30.3 Å². The lowest BCUT2D eigenvalue weighted by molar-refractivity contribution is -0.152. The zero-order valence-electron chi connectivity index (χ0n) is 20.5. The molecule has 0 aliphatic carbocycles. The molecule has 9 heteroatoms. The number of nitrogens with zero attached hydrogens (tertiary/aromatic N) is 1. The van der Waals surface area contributed by atoms with Crippen molar-refractivity contribution < 1.29 is 23.6 Å². The van der Waals surface area contributed by atoms with Crippen molar-refractivity contribution >= 4 is 19.0 Å². The maximum absolute atomic E-state index is 13.1. The molecule has 0 unspecified atom stereocenters. The van der Waals surface area contributed by atoms with Gasteiger partial charge in [-0.1, -0.05) is 36.8 Å². The number of esters is 1. The summed E-state index contributed by atoms with van der Waals surface area (Å²) >= 11 is 0. The van der Waals surface area contributed by atoms with E-state index in [1.807, 2.05) is 58.0 Å². The van der Waals surface area contributed by atoms with Gasteiger partial charge in [-0.3, -0.25) is 4.79 Å². The van der Waals surface area contributed by atoms with Crippen LogP contribution in [0.4, 0.5) is 0 Å². The van der Waals surface area contributed by atoms with E-state index in [4.69, 9.17) is 25.5 Å². The normalized spacial score (nSPS) is 26.9. The van der Waals surface area contributed by atoms with E-state index in [0.717, 1.165) is 12.0 Å². The molecule has 3 rings (SSSR count).